The third kappa shape index (κ3) is 2.81. The highest BCUT2D eigenvalue weighted by Gasteiger charge is 2.04. The summed E-state index contributed by atoms with van der Waals surface area (Å²) in [5, 5.41) is 0. The van der Waals surface area contributed by atoms with Crippen LogP contribution in [0.2, 0.25) is 0 Å². The predicted octanol–water partition coefficient (Wildman–Crippen LogP) is 2.57. The van der Waals surface area contributed by atoms with E-state index in [1.54, 1.807) is 6.07 Å². The van der Waals surface area contributed by atoms with E-state index < -0.39 is 0 Å². The van der Waals surface area contributed by atoms with Crippen molar-refractivity contribution in [2.24, 2.45) is 0 Å². The number of nitrogen functional groups attached to an aromatic ring is 1. The average Bonchev–Trinajstić information content (AvgIpc) is 2.21. The SMILES string of the molecule is Cc1ccc(Cc2nc(C)cc(N)n2)c(C)c1. The molecule has 0 aliphatic rings. The Labute approximate surface area is 102 Å². The van der Waals surface area contributed by atoms with E-state index in [-0.39, 0.29) is 0 Å². The standard InChI is InChI=1S/C14H17N3/c1-9-4-5-12(10(2)6-9)8-14-16-11(3)7-13(15)17-14/h4-7H,8H2,1-3H3,(H2,15,16,17). The van der Waals surface area contributed by atoms with Gasteiger partial charge in [0.2, 0.25) is 0 Å². The number of benzene rings is 1. The predicted molar refractivity (Wildman–Crippen MR) is 69.9 cm³/mol. The fourth-order valence-electron chi connectivity index (χ4n) is 1.95. The lowest BCUT2D eigenvalue weighted by Crippen LogP contribution is -2.03. The van der Waals surface area contributed by atoms with E-state index in [2.05, 4.69) is 42.0 Å². The van der Waals surface area contributed by atoms with Crippen molar-refractivity contribution in [3.8, 4) is 0 Å². The summed E-state index contributed by atoms with van der Waals surface area (Å²) in [6.07, 6.45) is 0.734. The molecule has 0 unspecified atom stereocenters. The van der Waals surface area contributed by atoms with Crippen LogP contribution in [0.1, 0.15) is 28.2 Å². The Morgan fingerprint density at radius 3 is 2.47 bits per heavy atom. The van der Waals surface area contributed by atoms with Crippen LogP contribution in [-0.4, -0.2) is 9.97 Å². The quantitative estimate of drug-likeness (QED) is 0.857. The minimum Gasteiger partial charge on any atom is -0.384 e. The Balaban J connectivity index is 2.31. The molecule has 0 aliphatic carbocycles. The van der Waals surface area contributed by atoms with Gasteiger partial charge in [-0.25, -0.2) is 9.97 Å². The Hall–Kier alpha value is -1.90. The van der Waals surface area contributed by atoms with Gasteiger partial charge in [0, 0.05) is 18.2 Å². The molecule has 1 heterocycles. The van der Waals surface area contributed by atoms with Gasteiger partial charge in [-0.1, -0.05) is 23.8 Å². The zero-order valence-electron chi connectivity index (χ0n) is 10.5. The van der Waals surface area contributed by atoms with Crippen LogP contribution in [0.4, 0.5) is 5.82 Å². The van der Waals surface area contributed by atoms with E-state index in [0.717, 1.165) is 17.9 Å². The summed E-state index contributed by atoms with van der Waals surface area (Å²) in [6.45, 7) is 6.14. The molecule has 0 saturated heterocycles. The molecular formula is C14H17N3. The van der Waals surface area contributed by atoms with E-state index in [1.165, 1.54) is 16.7 Å². The Morgan fingerprint density at radius 1 is 1.06 bits per heavy atom. The molecule has 0 bridgehead atoms. The van der Waals surface area contributed by atoms with E-state index in [9.17, 15) is 0 Å². The van der Waals surface area contributed by atoms with Crippen molar-refractivity contribution < 1.29 is 0 Å². The Bertz CT molecular complexity index is 527. The second kappa shape index (κ2) is 4.53. The molecule has 0 amide bonds. The molecule has 0 fully saturated rings. The highest BCUT2D eigenvalue weighted by Crippen LogP contribution is 2.14. The lowest BCUT2D eigenvalue weighted by molar-refractivity contribution is 0.942. The molecule has 2 N–H and O–H groups in total. The van der Waals surface area contributed by atoms with Crippen molar-refractivity contribution in [2.75, 3.05) is 5.73 Å². The Morgan fingerprint density at radius 2 is 1.82 bits per heavy atom. The number of aromatic nitrogens is 2. The number of nitrogens with zero attached hydrogens (tertiary/aromatic N) is 2. The van der Waals surface area contributed by atoms with Gasteiger partial charge in [-0.3, -0.25) is 0 Å². The van der Waals surface area contributed by atoms with Gasteiger partial charge in [0.25, 0.3) is 0 Å². The van der Waals surface area contributed by atoms with Gasteiger partial charge in [-0.2, -0.15) is 0 Å². The second-order valence-electron chi connectivity index (χ2n) is 4.46. The number of hydrogen-bond donors (Lipinski definition) is 1. The molecule has 3 heteroatoms. The zero-order chi connectivity index (χ0) is 12.4. The third-order valence-electron chi connectivity index (χ3n) is 2.77. The molecular weight excluding hydrogens is 210 g/mol. The van der Waals surface area contributed by atoms with Crippen LogP contribution in [-0.2, 0) is 6.42 Å². The van der Waals surface area contributed by atoms with E-state index in [4.69, 9.17) is 5.73 Å². The summed E-state index contributed by atoms with van der Waals surface area (Å²) in [5.41, 5.74) is 10.4. The molecule has 0 aliphatic heterocycles. The molecule has 88 valence electrons. The van der Waals surface area contributed by atoms with Gasteiger partial charge < -0.3 is 5.73 Å². The second-order valence-corrected chi connectivity index (χ2v) is 4.46. The largest absolute Gasteiger partial charge is 0.384 e. The number of hydrogen-bond acceptors (Lipinski definition) is 3. The molecule has 2 rings (SSSR count). The van der Waals surface area contributed by atoms with Crippen LogP contribution in [0.15, 0.2) is 24.3 Å². The highest BCUT2D eigenvalue weighted by atomic mass is 14.9. The summed E-state index contributed by atoms with van der Waals surface area (Å²) < 4.78 is 0. The number of rotatable bonds is 2. The molecule has 3 nitrogen and oxygen atoms in total. The minimum atomic E-state index is 0.539. The molecule has 0 atom stereocenters. The van der Waals surface area contributed by atoms with Gasteiger partial charge >= 0.3 is 0 Å². The van der Waals surface area contributed by atoms with Crippen molar-refractivity contribution in [1.82, 2.24) is 9.97 Å². The first-order chi connectivity index (χ1) is 8.04. The average molecular weight is 227 g/mol. The lowest BCUT2D eigenvalue weighted by Gasteiger charge is -2.07. The molecule has 0 saturated carbocycles. The van der Waals surface area contributed by atoms with Gasteiger partial charge in [-0.05, 0) is 31.9 Å². The highest BCUT2D eigenvalue weighted by molar-refractivity contribution is 5.34. The fraction of sp³-hybridized carbons (Fsp3) is 0.286. The van der Waals surface area contributed by atoms with Gasteiger partial charge in [-0.15, -0.1) is 0 Å². The van der Waals surface area contributed by atoms with Gasteiger partial charge in [0.1, 0.15) is 11.6 Å². The first-order valence-corrected chi connectivity index (χ1v) is 5.71. The summed E-state index contributed by atoms with van der Waals surface area (Å²) in [5.74, 6) is 1.33. The Kier molecular flexibility index (Phi) is 3.09. The summed E-state index contributed by atoms with van der Waals surface area (Å²) >= 11 is 0. The third-order valence-corrected chi connectivity index (χ3v) is 2.77. The van der Waals surface area contributed by atoms with Crippen molar-refractivity contribution in [3.05, 3.63) is 52.5 Å². The monoisotopic (exact) mass is 227 g/mol. The maximum absolute atomic E-state index is 5.72. The normalized spacial score (nSPS) is 10.5. The molecule has 1 aromatic carbocycles. The summed E-state index contributed by atoms with van der Waals surface area (Å²) in [7, 11) is 0. The van der Waals surface area contributed by atoms with Crippen LogP contribution in [0.5, 0.6) is 0 Å². The van der Waals surface area contributed by atoms with Crippen LogP contribution in [0.25, 0.3) is 0 Å². The summed E-state index contributed by atoms with van der Waals surface area (Å²) in [6, 6.07) is 8.20. The van der Waals surface area contributed by atoms with Crippen LogP contribution in [0, 0.1) is 20.8 Å². The van der Waals surface area contributed by atoms with Crippen molar-refractivity contribution in [3.63, 3.8) is 0 Å². The smallest absolute Gasteiger partial charge is 0.135 e. The van der Waals surface area contributed by atoms with Gasteiger partial charge in [0.15, 0.2) is 0 Å². The zero-order valence-corrected chi connectivity index (χ0v) is 10.5. The van der Waals surface area contributed by atoms with E-state index >= 15 is 0 Å². The van der Waals surface area contributed by atoms with Crippen LogP contribution in [0.3, 0.4) is 0 Å². The van der Waals surface area contributed by atoms with Gasteiger partial charge in [0.05, 0.1) is 0 Å². The van der Waals surface area contributed by atoms with Crippen molar-refractivity contribution in [2.45, 2.75) is 27.2 Å². The molecule has 0 spiro atoms. The van der Waals surface area contributed by atoms with Crippen molar-refractivity contribution in [1.29, 1.82) is 0 Å². The van der Waals surface area contributed by atoms with E-state index in [0.29, 0.717) is 5.82 Å². The first kappa shape index (κ1) is 11.6. The molecule has 0 radical (unpaired) electrons. The van der Waals surface area contributed by atoms with E-state index in [1.807, 2.05) is 6.92 Å². The maximum atomic E-state index is 5.72. The number of nitrogens with two attached hydrogens (primary N) is 1. The summed E-state index contributed by atoms with van der Waals surface area (Å²) in [4.78, 5) is 8.66. The van der Waals surface area contributed by atoms with Crippen LogP contribution >= 0.6 is 0 Å². The number of aryl methyl sites for hydroxylation is 3. The molecule has 1 aromatic heterocycles. The first-order valence-electron chi connectivity index (χ1n) is 5.71. The fourth-order valence-corrected chi connectivity index (χ4v) is 1.95. The number of anilines is 1. The van der Waals surface area contributed by atoms with Crippen LogP contribution < -0.4 is 5.73 Å². The lowest BCUT2D eigenvalue weighted by atomic mass is 10.0. The topological polar surface area (TPSA) is 51.8 Å². The molecule has 2 aromatic rings. The molecule has 17 heavy (non-hydrogen) atoms. The maximum Gasteiger partial charge on any atom is 0.135 e. The van der Waals surface area contributed by atoms with Crippen molar-refractivity contribution >= 4 is 5.82 Å². The minimum absolute atomic E-state index is 0.539.